The minimum absolute atomic E-state index is 0.0717. The normalized spacial score (nSPS) is 12.7. The average molecular weight is 502 g/mol. The van der Waals surface area contributed by atoms with Crippen LogP contribution in [0.1, 0.15) is 33.4 Å². The van der Waals surface area contributed by atoms with Gasteiger partial charge in [-0.05, 0) is 73.5 Å². The number of alkyl halides is 6. The molecule has 4 aromatic rings. The highest BCUT2D eigenvalue weighted by Crippen LogP contribution is 2.58. The van der Waals surface area contributed by atoms with Gasteiger partial charge in [0, 0.05) is 5.39 Å². The van der Waals surface area contributed by atoms with Gasteiger partial charge in [0.15, 0.2) is 0 Å². The Morgan fingerprint density at radius 1 is 0.583 bits per heavy atom. The molecule has 1 nitrogen and oxygen atoms in total. The van der Waals surface area contributed by atoms with Gasteiger partial charge < -0.3 is 4.74 Å². The lowest BCUT2D eigenvalue weighted by atomic mass is 9.70. The van der Waals surface area contributed by atoms with Gasteiger partial charge in [-0.25, -0.2) is 0 Å². The van der Waals surface area contributed by atoms with Crippen molar-refractivity contribution in [2.24, 2.45) is 0 Å². The van der Waals surface area contributed by atoms with Gasteiger partial charge >= 0.3 is 12.4 Å². The fourth-order valence-corrected chi connectivity index (χ4v) is 4.60. The van der Waals surface area contributed by atoms with Gasteiger partial charge in [0.05, 0.1) is 0 Å². The summed E-state index contributed by atoms with van der Waals surface area (Å²) in [6.45, 7) is 6.82. The molecular formula is C29H24F6O. The highest BCUT2D eigenvalue weighted by molar-refractivity contribution is 5.96. The summed E-state index contributed by atoms with van der Waals surface area (Å²) in [7, 11) is 0. The summed E-state index contributed by atoms with van der Waals surface area (Å²) in [4.78, 5) is 0. The van der Waals surface area contributed by atoms with Crippen molar-refractivity contribution in [1.29, 1.82) is 0 Å². The zero-order valence-corrected chi connectivity index (χ0v) is 20.1. The molecule has 4 aromatic carbocycles. The molecular weight excluding hydrogens is 478 g/mol. The largest absolute Gasteiger partial charge is 0.457 e. The van der Waals surface area contributed by atoms with Crippen molar-refractivity contribution in [3.63, 3.8) is 0 Å². The Labute approximate surface area is 205 Å². The maximum Gasteiger partial charge on any atom is 0.411 e. The maximum atomic E-state index is 14.9. The van der Waals surface area contributed by atoms with E-state index in [4.69, 9.17) is 4.74 Å². The lowest BCUT2D eigenvalue weighted by molar-refractivity contribution is -0.288. The molecule has 0 aromatic heterocycles. The Hall–Kier alpha value is -3.48. The highest BCUT2D eigenvalue weighted by atomic mass is 19.4. The van der Waals surface area contributed by atoms with Gasteiger partial charge in [-0.3, -0.25) is 0 Å². The van der Waals surface area contributed by atoms with E-state index >= 15 is 0 Å². The van der Waals surface area contributed by atoms with Crippen LogP contribution in [0.4, 0.5) is 26.3 Å². The molecule has 0 N–H and O–H groups in total. The van der Waals surface area contributed by atoms with Crippen LogP contribution in [-0.2, 0) is 5.41 Å². The van der Waals surface area contributed by atoms with E-state index in [0.29, 0.717) is 22.4 Å². The van der Waals surface area contributed by atoms with Crippen molar-refractivity contribution in [2.75, 3.05) is 0 Å². The highest BCUT2D eigenvalue weighted by Gasteiger charge is 2.73. The Morgan fingerprint density at radius 2 is 1.11 bits per heavy atom. The summed E-state index contributed by atoms with van der Waals surface area (Å²) in [5, 5.41) is 0.0380. The molecule has 0 amide bonds. The minimum Gasteiger partial charge on any atom is -0.457 e. The zero-order valence-electron chi connectivity index (χ0n) is 20.1. The molecule has 0 fully saturated rings. The molecule has 0 bridgehead atoms. The van der Waals surface area contributed by atoms with Crippen LogP contribution in [0.3, 0.4) is 0 Å². The summed E-state index contributed by atoms with van der Waals surface area (Å²) in [6.07, 6.45) is -11.4. The molecule has 0 unspecified atom stereocenters. The standard InChI is InChI=1S/C29H24F6O/c1-17-5-10-21(11-6-17)27(28(30,31)32,29(33,34)35)24-14-9-20(4)23-15-19(3)16-25(26(23)24)36-22-12-7-18(2)8-13-22/h5-16H,1-4H3. The van der Waals surface area contributed by atoms with Crippen molar-refractivity contribution >= 4 is 10.8 Å². The van der Waals surface area contributed by atoms with E-state index in [1.807, 2.05) is 6.92 Å². The maximum absolute atomic E-state index is 14.9. The molecule has 0 aliphatic rings. The van der Waals surface area contributed by atoms with E-state index in [1.165, 1.54) is 24.3 Å². The lowest BCUT2D eigenvalue weighted by Crippen LogP contribution is -2.55. The quantitative estimate of drug-likeness (QED) is 0.253. The monoisotopic (exact) mass is 502 g/mol. The van der Waals surface area contributed by atoms with Gasteiger partial charge in [-0.1, -0.05) is 65.7 Å². The number of rotatable bonds is 4. The van der Waals surface area contributed by atoms with Gasteiger partial charge in [-0.2, -0.15) is 26.3 Å². The molecule has 0 aliphatic heterocycles. The fourth-order valence-electron chi connectivity index (χ4n) is 4.60. The average Bonchev–Trinajstić information content (AvgIpc) is 2.77. The van der Waals surface area contributed by atoms with E-state index < -0.39 is 28.9 Å². The van der Waals surface area contributed by atoms with Crippen LogP contribution in [0.25, 0.3) is 10.8 Å². The van der Waals surface area contributed by atoms with Gasteiger partial charge in [0.1, 0.15) is 11.5 Å². The van der Waals surface area contributed by atoms with Gasteiger partial charge in [-0.15, -0.1) is 0 Å². The van der Waals surface area contributed by atoms with Crippen LogP contribution in [0.2, 0.25) is 0 Å². The molecule has 36 heavy (non-hydrogen) atoms. The van der Waals surface area contributed by atoms with E-state index in [1.54, 1.807) is 51.1 Å². The van der Waals surface area contributed by atoms with E-state index in [-0.39, 0.29) is 16.5 Å². The smallest absolute Gasteiger partial charge is 0.411 e. The molecule has 0 atom stereocenters. The number of benzene rings is 4. The Morgan fingerprint density at radius 3 is 1.64 bits per heavy atom. The molecule has 0 saturated heterocycles. The first-order valence-electron chi connectivity index (χ1n) is 11.3. The summed E-state index contributed by atoms with van der Waals surface area (Å²) in [6, 6.07) is 16.3. The Kier molecular flexibility index (Phi) is 6.31. The van der Waals surface area contributed by atoms with E-state index in [9.17, 15) is 26.3 Å². The van der Waals surface area contributed by atoms with Crippen LogP contribution in [0.15, 0.2) is 72.8 Å². The predicted molar refractivity (Wildman–Crippen MR) is 129 cm³/mol. The predicted octanol–water partition coefficient (Wildman–Crippen LogP) is 9.28. The van der Waals surface area contributed by atoms with Crippen molar-refractivity contribution in [3.8, 4) is 11.5 Å². The van der Waals surface area contributed by atoms with Crippen molar-refractivity contribution in [2.45, 2.75) is 45.5 Å². The van der Waals surface area contributed by atoms with E-state index in [2.05, 4.69) is 0 Å². The van der Waals surface area contributed by atoms with E-state index in [0.717, 1.165) is 23.8 Å². The minimum atomic E-state index is -5.70. The molecule has 4 rings (SSSR count). The third-order valence-electron chi connectivity index (χ3n) is 6.43. The fraction of sp³-hybridized carbons (Fsp3) is 0.241. The molecule has 0 saturated carbocycles. The molecule has 7 heteroatoms. The summed E-state index contributed by atoms with van der Waals surface area (Å²) < 4.78 is 95.3. The van der Waals surface area contributed by atoms with Crippen LogP contribution in [0, 0.1) is 27.7 Å². The molecule has 188 valence electrons. The second kappa shape index (κ2) is 8.87. The zero-order chi connectivity index (χ0) is 26.5. The third kappa shape index (κ3) is 4.21. The summed E-state index contributed by atoms with van der Waals surface area (Å²) in [5.74, 6) is 0.234. The van der Waals surface area contributed by atoms with Crippen LogP contribution >= 0.6 is 0 Å². The first-order chi connectivity index (χ1) is 16.8. The number of ether oxygens (including phenoxy) is 1. The SMILES string of the molecule is Cc1ccc(Oc2cc(C)cc3c(C)ccc(C(c4ccc(C)cc4)(C(F)(F)F)C(F)(F)F)c23)cc1. The van der Waals surface area contributed by atoms with Crippen molar-refractivity contribution < 1.29 is 31.1 Å². The van der Waals surface area contributed by atoms with Gasteiger partial charge in [0.25, 0.3) is 0 Å². The Balaban J connectivity index is 2.16. The van der Waals surface area contributed by atoms with Crippen LogP contribution in [0.5, 0.6) is 11.5 Å². The first kappa shape index (κ1) is 25.6. The number of hydrogen-bond donors (Lipinski definition) is 0. The summed E-state index contributed by atoms with van der Waals surface area (Å²) >= 11 is 0. The van der Waals surface area contributed by atoms with Crippen LogP contribution in [-0.4, -0.2) is 12.4 Å². The van der Waals surface area contributed by atoms with Crippen molar-refractivity contribution in [1.82, 2.24) is 0 Å². The van der Waals surface area contributed by atoms with Gasteiger partial charge in [0.2, 0.25) is 5.41 Å². The van der Waals surface area contributed by atoms with Crippen molar-refractivity contribution in [3.05, 3.63) is 106 Å². The number of hydrogen-bond acceptors (Lipinski definition) is 1. The first-order valence-corrected chi connectivity index (χ1v) is 11.3. The lowest BCUT2D eigenvalue weighted by Gasteiger charge is -2.39. The second-order valence-corrected chi connectivity index (χ2v) is 9.14. The summed E-state index contributed by atoms with van der Waals surface area (Å²) in [5.41, 5.74) is -3.45. The molecule has 0 heterocycles. The Bertz CT molecular complexity index is 1380. The molecule has 0 spiro atoms. The number of fused-ring (bicyclic) bond motifs is 1. The second-order valence-electron chi connectivity index (χ2n) is 9.14. The number of aryl methyl sites for hydroxylation is 4. The molecule has 0 radical (unpaired) electrons. The molecule has 0 aliphatic carbocycles. The van der Waals surface area contributed by atoms with Crippen LogP contribution < -0.4 is 4.74 Å². The number of halogens is 6. The topological polar surface area (TPSA) is 9.23 Å². The third-order valence-corrected chi connectivity index (χ3v) is 6.43.